The van der Waals surface area contributed by atoms with Crippen LogP contribution in [0.4, 0.5) is 0 Å². The molecular formula is C17H35IN4. The van der Waals surface area contributed by atoms with Crippen molar-refractivity contribution in [1.29, 1.82) is 0 Å². The summed E-state index contributed by atoms with van der Waals surface area (Å²) in [5.41, 5.74) is 0. The molecule has 1 saturated heterocycles. The Morgan fingerprint density at radius 3 is 2.36 bits per heavy atom. The van der Waals surface area contributed by atoms with E-state index in [0.717, 1.165) is 24.3 Å². The Morgan fingerprint density at radius 1 is 1.14 bits per heavy atom. The molecule has 1 saturated carbocycles. The largest absolute Gasteiger partial charge is 0.356 e. The number of guanidine groups is 1. The first kappa shape index (κ1) is 20.0. The van der Waals surface area contributed by atoms with Crippen molar-refractivity contribution >= 4 is 29.9 Å². The molecule has 2 atom stereocenters. The molecule has 2 unspecified atom stereocenters. The van der Waals surface area contributed by atoms with Crippen LogP contribution in [0.2, 0.25) is 0 Å². The number of nitrogens with one attached hydrogen (secondary N) is 2. The topological polar surface area (TPSA) is 39.7 Å². The predicted molar refractivity (Wildman–Crippen MR) is 106 cm³/mol. The Balaban J connectivity index is 0.00000242. The van der Waals surface area contributed by atoms with E-state index in [9.17, 15) is 0 Å². The van der Waals surface area contributed by atoms with Crippen molar-refractivity contribution < 1.29 is 0 Å². The summed E-state index contributed by atoms with van der Waals surface area (Å²) in [5, 5.41) is 7.01. The Hall–Kier alpha value is -0.0400. The van der Waals surface area contributed by atoms with Gasteiger partial charge in [-0.1, -0.05) is 26.7 Å². The fourth-order valence-electron chi connectivity index (χ4n) is 3.94. The molecule has 2 aliphatic rings. The molecule has 0 radical (unpaired) electrons. The Labute approximate surface area is 153 Å². The predicted octanol–water partition coefficient (Wildman–Crippen LogP) is 3.08. The number of nitrogens with zero attached hydrogens (tertiary/aromatic N) is 2. The molecule has 1 heterocycles. The van der Waals surface area contributed by atoms with Gasteiger partial charge in [-0.05, 0) is 44.1 Å². The quantitative estimate of drug-likeness (QED) is 0.310. The number of likely N-dealkylation sites (tertiary alicyclic amines) is 1. The molecule has 0 aromatic rings. The van der Waals surface area contributed by atoms with E-state index < -0.39 is 0 Å². The van der Waals surface area contributed by atoms with Crippen molar-refractivity contribution in [3.63, 3.8) is 0 Å². The van der Waals surface area contributed by atoms with Gasteiger partial charge in [0.2, 0.25) is 0 Å². The summed E-state index contributed by atoms with van der Waals surface area (Å²) in [6, 6.07) is 0.639. The van der Waals surface area contributed by atoms with E-state index in [0.29, 0.717) is 6.04 Å². The summed E-state index contributed by atoms with van der Waals surface area (Å²) < 4.78 is 0. The third kappa shape index (κ3) is 7.02. The van der Waals surface area contributed by atoms with Crippen LogP contribution in [0.1, 0.15) is 52.4 Å². The molecule has 1 aliphatic heterocycles. The van der Waals surface area contributed by atoms with Crippen LogP contribution in [0.5, 0.6) is 0 Å². The molecule has 4 nitrogen and oxygen atoms in total. The number of hydrogen-bond donors (Lipinski definition) is 2. The van der Waals surface area contributed by atoms with E-state index in [-0.39, 0.29) is 24.0 Å². The van der Waals surface area contributed by atoms with Crippen LogP contribution < -0.4 is 10.6 Å². The van der Waals surface area contributed by atoms with E-state index >= 15 is 0 Å². The van der Waals surface area contributed by atoms with Gasteiger partial charge in [-0.15, -0.1) is 24.0 Å². The van der Waals surface area contributed by atoms with Crippen LogP contribution in [-0.4, -0.2) is 50.1 Å². The summed E-state index contributed by atoms with van der Waals surface area (Å²) in [6.07, 6.45) is 7.91. The summed E-state index contributed by atoms with van der Waals surface area (Å²) in [5.74, 6) is 2.71. The van der Waals surface area contributed by atoms with Crippen molar-refractivity contribution in [2.45, 2.75) is 58.4 Å². The second-order valence-electron chi connectivity index (χ2n) is 7.18. The third-order valence-corrected chi connectivity index (χ3v) is 4.81. The molecule has 2 N–H and O–H groups in total. The fourth-order valence-corrected chi connectivity index (χ4v) is 3.94. The Morgan fingerprint density at radius 2 is 1.77 bits per heavy atom. The molecular weight excluding hydrogens is 387 g/mol. The second kappa shape index (κ2) is 10.7. The van der Waals surface area contributed by atoms with Gasteiger partial charge in [0.1, 0.15) is 0 Å². The molecule has 5 heteroatoms. The van der Waals surface area contributed by atoms with Crippen LogP contribution in [0.25, 0.3) is 0 Å². The highest BCUT2D eigenvalue weighted by Crippen LogP contribution is 2.20. The summed E-state index contributed by atoms with van der Waals surface area (Å²) in [7, 11) is 1.87. The van der Waals surface area contributed by atoms with Gasteiger partial charge in [-0.3, -0.25) is 4.99 Å². The maximum Gasteiger partial charge on any atom is 0.191 e. The van der Waals surface area contributed by atoms with Gasteiger partial charge >= 0.3 is 0 Å². The maximum atomic E-state index is 4.34. The molecule has 130 valence electrons. The van der Waals surface area contributed by atoms with Gasteiger partial charge in [-0.25, -0.2) is 0 Å². The molecule has 0 aromatic heterocycles. The monoisotopic (exact) mass is 422 g/mol. The van der Waals surface area contributed by atoms with E-state index in [1.807, 2.05) is 7.05 Å². The first-order valence-corrected chi connectivity index (χ1v) is 8.87. The van der Waals surface area contributed by atoms with Crippen LogP contribution in [0.15, 0.2) is 4.99 Å². The van der Waals surface area contributed by atoms with Crippen molar-refractivity contribution in [3.8, 4) is 0 Å². The normalized spacial score (nSPS) is 27.5. The van der Waals surface area contributed by atoms with E-state index in [1.54, 1.807) is 0 Å². The zero-order valence-corrected chi connectivity index (χ0v) is 16.9. The minimum atomic E-state index is 0. The lowest BCUT2D eigenvalue weighted by Gasteiger charge is -2.35. The SMILES string of the molecule is CN=C(NCCCN1CC(C)CC(C)C1)NC1CCCC1.I. The molecule has 2 rings (SSSR count). The van der Waals surface area contributed by atoms with Crippen LogP contribution in [-0.2, 0) is 0 Å². The molecule has 0 bridgehead atoms. The first-order valence-electron chi connectivity index (χ1n) is 8.87. The lowest BCUT2D eigenvalue weighted by molar-refractivity contribution is 0.140. The average Bonchev–Trinajstić information content (AvgIpc) is 2.94. The van der Waals surface area contributed by atoms with Gasteiger partial charge in [0.25, 0.3) is 0 Å². The van der Waals surface area contributed by atoms with Crippen molar-refractivity contribution in [1.82, 2.24) is 15.5 Å². The van der Waals surface area contributed by atoms with E-state index in [2.05, 4.69) is 34.4 Å². The van der Waals surface area contributed by atoms with E-state index in [4.69, 9.17) is 0 Å². The van der Waals surface area contributed by atoms with E-state index in [1.165, 1.54) is 58.2 Å². The van der Waals surface area contributed by atoms with Gasteiger partial charge < -0.3 is 15.5 Å². The van der Waals surface area contributed by atoms with Crippen LogP contribution in [0, 0.1) is 11.8 Å². The zero-order valence-electron chi connectivity index (χ0n) is 14.6. The van der Waals surface area contributed by atoms with Crippen LogP contribution in [0.3, 0.4) is 0 Å². The van der Waals surface area contributed by atoms with Gasteiger partial charge in [-0.2, -0.15) is 0 Å². The number of rotatable bonds is 5. The van der Waals surface area contributed by atoms with Crippen molar-refractivity contribution in [2.75, 3.05) is 33.2 Å². The second-order valence-corrected chi connectivity index (χ2v) is 7.18. The lowest BCUT2D eigenvalue weighted by atomic mass is 9.92. The fraction of sp³-hybridized carbons (Fsp3) is 0.941. The highest BCUT2D eigenvalue weighted by Gasteiger charge is 2.21. The van der Waals surface area contributed by atoms with Gasteiger partial charge in [0.15, 0.2) is 5.96 Å². The molecule has 22 heavy (non-hydrogen) atoms. The van der Waals surface area contributed by atoms with Gasteiger partial charge in [0, 0.05) is 32.7 Å². The Kier molecular flexibility index (Phi) is 9.71. The molecule has 0 spiro atoms. The lowest BCUT2D eigenvalue weighted by Crippen LogP contribution is -2.44. The summed E-state index contributed by atoms with van der Waals surface area (Å²) in [6.45, 7) is 9.55. The molecule has 0 amide bonds. The number of piperidine rings is 1. The minimum absolute atomic E-state index is 0. The average molecular weight is 422 g/mol. The standard InChI is InChI=1S/C17H34N4.HI/c1-14-11-15(2)13-21(12-14)10-6-9-19-17(18-3)20-16-7-4-5-8-16;/h14-16H,4-13H2,1-3H3,(H2,18,19,20);1H. The summed E-state index contributed by atoms with van der Waals surface area (Å²) >= 11 is 0. The zero-order chi connectivity index (χ0) is 15.1. The van der Waals surface area contributed by atoms with Gasteiger partial charge in [0.05, 0.1) is 0 Å². The Bertz CT molecular complexity index is 319. The van der Waals surface area contributed by atoms with Crippen molar-refractivity contribution in [2.24, 2.45) is 16.8 Å². The van der Waals surface area contributed by atoms with Crippen LogP contribution >= 0.6 is 24.0 Å². The first-order chi connectivity index (χ1) is 10.2. The number of halogens is 1. The molecule has 2 fully saturated rings. The third-order valence-electron chi connectivity index (χ3n) is 4.81. The highest BCUT2D eigenvalue weighted by atomic mass is 127. The number of aliphatic imine (C=N–C) groups is 1. The number of hydrogen-bond acceptors (Lipinski definition) is 2. The molecule has 0 aromatic carbocycles. The van der Waals surface area contributed by atoms with Crippen molar-refractivity contribution in [3.05, 3.63) is 0 Å². The smallest absolute Gasteiger partial charge is 0.191 e. The maximum absolute atomic E-state index is 4.34. The minimum Gasteiger partial charge on any atom is -0.356 e. The highest BCUT2D eigenvalue weighted by molar-refractivity contribution is 14.0. The molecule has 1 aliphatic carbocycles. The summed E-state index contributed by atoms with van der Waals surface area (Å²) in [4.78, 5) is 6.97.